The van der Waals surface area contributed by atoms with Crippen molar-refractivity contribution in [2.75, 3.05) is 26.7 Å². The number of benzene rings is 1. The summed E-state index contributed by atoms with van der Waals surface area (Å²) < 4.78 is 45.0. The predicted molar refractivity (Wildman–Crippen MR) is 96.4 cm³/mol. The van der Waals surface area contributed by atoms with Crippen molar-refractivity contribution >= 4 is 5.91 Å². The molecule has 1 saturated heterocycles. The fraction of sp³-hybridized carbons (Fsp3) is 0.650. The van der Waals surface area contributed by atoms with Gasteiger partial charge in [0.25, 0.3) is 5.91 Å². The molecule has 1 saturated carbocycles. The van der Waals surface area contributed by atoms with Gasteiger partial charge >= 0.3 is 6.18 Å². The largest absolute Gasteiger partial charge is 0.416 e. The number of ether oxygens (including phenoxy) is 1. The molecule has 0 radical (unpaired) electrons. The van der Waals surface area contributed by atoms with Gasteiger partial charge in [-0.2, -0.15) is 13.2 Å². The van der Waals surface area contributed by atoms with Gasteiger partial charge in [-0.1, -0.05) is 31.0 Å². The number of methoxy groups -OCH3 is 1. The van der Waals surface area contributed by atoms with E-state index in [-0.39, 0.29) is 5.91 Å². The average Bonchev–Trinajstić information content (AvgIpc) is 3.16. The molecule has 1 aromatic carbocycles. The van der Waals surface area contributed by atoms with E-state index in [9.17, 15) is 18.0 Å². The number of carbonyl (C=O) groups excluding carboxylic acids is 1. The van der Waals surface area contributed by atoms with Crippen molar-refractivity contribution in [1.82, 2.24) is 10.6 Å². The van der Waals surface area contributed by atoms with Crippen LogP contribution in [0, 0.1) is 0 Å². The molecule has 1 aliphatic heterocycles. The highest BCUT2D eigenvalue weighted by atomic mass is 19.4. The highest BCUT2D eigenvalue weighted by molar-refractivity contribution is 5.85. The third kappa shape index (κ3) is 4.14. The Labute approximate surface area is 157 Å². The summed E-state index contributed by atoms with van der Waals surface area (Å²) in [6.07, 6.45) is 0.259. The first-order valence-electron chi connectivity index (χ1n) is 9.53. The van der Waals surface area contributed by atoms with E-state index in [1.54, 1.807) is 13.2 Å². The lowest BCUT2D eigenvalue weighted by atomic mass is 9.78. The van der Waals surface area contributed by atoms with Gasteiger partial charge in [-0.15, -0.1) is 0 Å². The van der Waals surface area contributed by atoms with Gasteiger partial charge in [-0.05, 0) is 50.4 Å². The van der Waals surface area contributed by atoms with Crippen molar-refractivity contribution in [2.45, 2.75) is 55.7 Å². The summed E-state index contributed by atoms with van der Waals surface area (Å²) in [5, 5.41) is 6.22. The highest BCUT2D eigenvalue weighted by Crippen LogP contribution is 2.42. The maximum Gasteiger partial charge on any atom is 0.416 e. The molecule has 1 aromatic rings. The minimum absolute atomic E-state index is 0.162. The standard InChI is InChI=1S/C20H27F3N2O2/c1-27-19(9-11-24-12-10-19)17(26)25-14-18(7-2-3-8-18)15-5-4-6-16(13-15)20(21,22)23/h4-6,13,24H,2-3,7-12,14H2,1H3,(H,25,26). The highest BCUT2D eigenvalue weighted by Gasteiger charge is 2.43. The average molecular weight is 384 g/mol. The Kier molecular flexibility index (Phi) is 5.82. The van der Waals surface area contributed by atoms with Gasteiger partial charge in [0.1, 0.15) is 5.60 Å². The fourth-order valence-corrected chi connectivity index (χ4v) is 4.41. The van der Waals surface area contributed by atoms with Crippen LogP contribution >= 0.6 is 0 Å². The summed E-state index contributed by atoms with van der Waals surface area (Å²) in [7, 11) is 1.54. The SMILES string of the molecule is COC1(C(=O)NCC2(c3cccc(C(F)(F)F)c3)CCCC2)CCNCC1. The Morgan fingerprint density at radius 1 is 1.19 bits per heavy atom. The predicted octanol–water partition coefficient (Wildman–Crippen LogP) is 3.40. The van der Waals surface area contributed by atoms with Gasteiger partial charge in [-0.3, -0.25) is 4.79 Å². The molecule has 0 bridgehead atoms. The molecule has 0 spiro atoms. The number of alkyl halides is 3. The number of nitrogens with one attached hydrogen (secondary N) is 2. The van der Waals surface area contributed by atoms with Crippen LogP contribution in [0.3, 0.4) is 0 Å². The summed E-state index contributed by atoms with van der Waals surface area (Å²) >= 11 is 0. The molecule has 27 heavy (non-hydrogen) atoms. The zero-order chi connectivity index (χ0) is 19.5. The van der Waals surface area contributed by atoms with E-state index < -0.39 is 22.8 Å². The number of carbonyl (C=O) groups is 1. The summed E-state index contributed by atoms with van der Waals surface area (Å²) in [4.78, 5) is 12.9. The van der Waals surface area contributed by atoms with Gasteiger partial charge in [0.15, 0.2) is 0 Å². The number of hydrogen-bond acceptors (Lipinski definition) is 3. The molecular weight excluding hydrogens is 357 g/mol. The minimum atomic E-state index is -4.37. The Balaban J connectivity index is 1.79. The van der Waals surface area contributed by atoms with E-state index in [4.69, 9.17) is 4.74 Å². The molecule has 7 heteroatoms. The second kappa shape index (κ2) is 7.80. The monoisotopic (exact) mass is 384 g/mol. The third-order valence-corrected chi connectivity index (χ3v) is 6.17. The lowest BCUT2D eigenvalue weighted by Gasteiger charge is -2.37. The molecule has 1 heterocycles. The van der Waals surface area contributed by atoms with Crippen LogP contribution in [0.1, 0.15) is 49.7 Å². The van der Waals surface area contributed by atoms with Crippen LogP contribution in [0.4, 0.5) is 13.2 Å². The second-order valence-electron chi connectivity index (χ2n) is 7.70. The smallest absolute Gasteiger partial charge is 0.368 e. The summed E-state index contributed by atoms with van der Waals surface area (Å²) in [6, 6.07) is 5.56. The summed E-state index contributed by atoms with van der Waals surface area (Å²) in [6.45, 7) is 1.76. The molecule has 3 rings (SSSR count). The van der Waals surface area contributed by atoms with Gasteiger partial charge in [0, 0.05) is 19.1 Å². The first kappa shape index (κ1) is 20.1. The van der Waals surface area contributed by atoms with Crippen LogP contribution in [-0.4, -0.2) is 38.3 Å². The molecule has 2 aliphatic rings. The minimum Gasteiger partial charge on any atom is -0.368 e. The second-order valence-corrected chi connectivity index (χ2v) is 7.70. The molecule has 0 unspecified atom stereocenters. The number of halogens is 3. The maximum atomic E-state index is 13.1. The van der Waals surface area contributed by atoms with Crippen molar-refractivity contribution in [3.8, 4) is 0 Å². The summed E-state index contributed by atoms with van der Waals surface area (Å²) in [5.41, 5.74) is -1.27. The zero-order valence-corrected chi connectivity index (χ0v) is 15.6. The number of rotatable bonds is 5. The van der Waals surface area contributed by atoms with E-state index >= 15 is 0 Å². The van der Waals surface area contributed by atoms with E-state index in [2.05, 4.69) is 10.6 Å². The number of piperidine rings is 1. The molecule has 2 fully saturated rings. The third-order valence-electron chi connectivity index (χ3n) is 6.17. The van der Waals surface area contributed by atoms with E-state index in [0.717, 1.165) is 31.7 Å². The Bertz CT molecular complexity index is 663. The molecule has 1 aliphatic carbocycles. The van der Waals surface area contributed by atoms with Crippen molar-refractivity contribution in [1.29, 1.82) is 0 Å². The Morgan fingerprint density at radius 2 is 1.85 bits per heavy atom. The van der Waals surface area contributed by atoms with Crippen molar-refractivity contribution < 1.29 is 22.7 Å². The molecule has 1 amide bonds. The van der Waals surface area contributed by atoms with Crippen LogP contribution in [0.5, 0.6) is 0 Å². The zero-order valence-electron chi connectivity index (χ0n) is 15.6. The first-order valence-corrected chi connectivity index (χ1v) is 9.53. The van der Waals surface area contributed by atoms with Gasteiger partial charge < -0.3 is 15.4 Å². The quantitative estimate of drug-likeness (QED) is 0.818. The van der Waals surface area contributed by atoms with Gasteiger partial charge in [0.05, 0.1) is 5.56 Å². The van der Waals surface area contributed by atoms with Gasteiger partial charge in [0.2, 0.25) is 0 Å². The van der Waals surface area contributed by atoms with Crippen LogP contribution < -0.4 is 10.6 Å². The lowest BCUT2D eigenvalue weighted by Crippen LogP contribution is -2.55. The Hall–Kier alpha value is -1.60. The van der Waals surface area contributed by atoms with Crippen molar-refractivity contribution in [3.63, 3.8) is 0 Å². The molecule has 0 aromatic heterocycles. The molecule has 4 nitrogen and oxygen atoms in total. The maximum absolute atomic E-state index is 13.1. The Morgan fingerprint density at radius 3 is 2.44 bits per heavy atom. The van der Waals surface area contributed by atoms with Crippen molar-refractivity contribution in [2.24, 2.45) is 0 Å². The molecule has 2 N–H and O–H groups in total. The normalized spacial score (nSPS) is 21.8. The number of hydrogen-bond donors (Lipinski definition) is 2. The lowest BCUT2D eigenvalue weighted by molar-refractivity contribution is -0.147. The fourth-order valence-electron chi connectivity index (χ4n) is 4.41. The van der Waals surface area contributed by atoms with Crippen LogP contribution in [0.15, 0.2) is 24.3 Å². The topological polar surface area (TPSA) is 50.4 Å². The van der Waals surface area contributed by atoms with Crippen LogP contribution in [-0.2, 0) is 21.1 Å². The van der Waals surface area contributed by atoms with E-state index in [0.29, 0.717) is 38.0 Å². The molecule has 0 atom stereocenters. The van der Waals surface area contributed by atoms with E-state index in [1.165, 1.54) is 12.1 Å². The number of amides is 1. The molecular formula is C20H27F3N2O2. The molecule has 150 valence electrons. The van der Waals surface area contributed by atoms with E-state index in [1.807, 2.05) is 0 Å². The van der Waals surface area contributed by atoms with Crippen molar-refractivity contribution in [3.05, 3.63) is 35.4 Å². The van der Waals surface area contributed by atoms with Crippen LogP contribution in [0.25, 0.3) is 0 Å². The first-order chi connectivity index (χ1) is 12.8. The summed E-state index contributed by atoms with van der Waals surface area (Å²) in [5.74, 6) is -0.162. The van der Waals surface area contributed by atoms with Gasteiger partial charge in [-0.25, -0.2) is 0 Å². The van der Waals surface area contributed by atoms with Crippen LogP contribution in [0.2, 0.25) is 0 Å².